The third-order valence-corrected chi connectivity index (χ3v) is 2.00. The SMILES string of the molecule is C/C=C/C(NC(C)(C)C)C(=O)C(C)(C)C. The molecule has 0 aliphatic rings. The van der Waals surface area contributed by atoms with Crippen molar-refractivity contribution in [3.8, 4) is 0 Å². The number of carbonyl (C=O) groups is 1. The second kappa shape index (κ2) is 4.93. The lowest BCUT2D eigenvalue weighted by Gasteiger charge is -2.30. The molecule has 0 fully saturated rings. The van der Waals surface area contributed by atoms with Crippen LogP contribution in [-0.4, -0.2) is 17.4 Å². The van der Waals surface area contributed by atoms with Gasteiger partial charge in [-0.25, -0.2) is 0 Å². The van der Waals surface area contributed by atoms with E-state index in [-0.39, 0.29) is 22.8 Å². The first-order chi connectivity index (χ1) is 6.58. The number of nitrogens with one attached hydrogen (secondary N) is 1. The summed E-state index contributed by atoms with van der Waals surface area (Å²) in [7, 11) is 0. The number of rotatable bonds is 3. The Morgan fingerprint density at radius 2 is 1.60 bits per heavy atom. The van der Waals surface area contributed by atoms with E-state index in [2.05, 4.69) is 26.1 Å². The zero-order chi connectivity index (χ0) is 12.3. The quantitative estimate of drug-likeness (QED) is 0.727. The van der Waals surface area contributed by atoms with Gasteiger partial charge in [0.1, 0.15) is 0 Å². The molecule has 0 aliphatic carbocycles. The summed E-state index contributed by atoms with van der Waals surface area (Å²) < 4.78 is 0. The smallest absolute Gasteiger partial charge is 0.158 e. The molecule has 0 aromatic rings. The van der Waals surface area contributed by atoms with Crippen LogP contribution in [0.3, 0.4) is 0 Å². The first kappa shape index (κ1) is 14.4. The number of carbonyl (C=O) groups excluding carboxylic acids is 1. The summed E-state index contributed by atoms with van der Waals surface area (Å²) >= 11 is 0. The van der Waals surface area contributed by atoms with E-state index in [4.69, 9.17) is 0 Å². The fourth-order valence-electron chi connectivity index (χ4n) is 1.33. The third-order valence-electron chi connectivity index (χ3n) is 2.00. The Hall–Kier alpha value is -0.630. The van der Waals surface area contributed by atoms with Gasteiger partial charge in [-0.1, -0.05) is 32.9 Å². The predicted molar refractivity (Wildman–Crippen MR) is 66.0 cm³/mol. The lowest BCUT2D eigenvalue weighted by molar-refractivity contribution is -0.127. The van der Waals surface area contributed by atoms with Crippen LogP contribution in [0.5, 0.6) is 0 Å². The van der Waals surface area contributed by atoms with Gasteiger partial charge in [0.15, 0.2) is 5.78 Å². The van der Waals surface area contributed by atoms with Crippen LogP contribution in [0, 0.1) is 5.41 Å². The standard InChI is InChI=1S/C13H25NO/c1-8-9-10(14-13(5,6)7)11(15)12(2,3)4/h8-10,14H,1-7H3/b9-8+. The zero-order valence-electron chi connectivity index (χ0n) is 11.1. The number of allylic oxidation sites excluding steroid dienone is 1. The maximum atomic E-state index is 12.1. The number of Topliss-reactive ketones (excluding diaryl/α,β-unsaturated/α-hetero) is 1. The summed E-state index contributed by atoms with van der Waals surface area (Å²) in [5.74, 6) is 0.232. The normalized spacial score (nSPS) is 15.7. The molecule has 1 unspecified atom stereocenters. The van der Waals surface area contributed by atoms with Crippen LogP contribution in [0.1, 0.15) is 48.5 Å². The molecule has 0 radical (unpaired) electrons. The summed E-state index contributed by atoms with van der Waals surface area (Å²) in [5, 5.41) is 3.33. The summed E-state index contributed by atoms with van der Waals surface area (Å²) in [4.78, 5) is 12.1. The van der Waals surface area contributed by atoms with Gasteiger partial charge in [0.05, 0.1) is 6.04 Å². The number of hydrogen-bond donors (Lipinski definition) is 1. The average molecular weight is 211 g/mol. The average Bonchev–Trinajstić information content (AvgIpc) is 1.98. The van der Waals surface area contributed by atoms with Crippen molar-refractivity contribution in [1.82, 2.24) is 5.32 Å². The van der Waals surface area contributed by atoms with E-state index in [9.17, 15) is 4.79 Å². The highest BCUT2D eigenvalue weighted by atomic mass is 16.1. The number of hydrogen-bond acceptors (Lipinski definition) is 2. The van der Waals surface area contributed by atoms with Crippen molar-refractivity contribution >= 4 is 5.78 Å². The maximum Gasteiger partial charge on any atom is 0.158 e. The largest absolute Gasteiger partial charge is 0.300 e. The molecule has 0 saturated heterocycles. The van der Waals surface area contributed by atoms with Crippen molar-refractivity contribution < 1.29 is 4.79 Å². The van der Waals surface area contributed by atoms with E-state index in [0.717, 1.165) is 0 Å². The van der Waals surface area contributed by atoms with Crippen LogP contribution < -0.4 is 5.32 Å². The molecule has 0 saturated carbocycles. The summed E-state index contributed by atoms with van der Waals surface area (Å²) in [6.45, 7) is 14.0. The predicted octanol–water partition coefficient (Wildman–Crippen LogP) is 2.93. The van der Waals surface area contributed by atoms with Crippen molar-refractivity contribution in [3.63, 3.8) is 0 Å². The van der Waals surface area contributed by atoms with E-state index in [1.807, 2.05) is 39.8 Å². The van der Waals surface area contributed by atoms with Crippen molar-refractivity contribution in [1.29, 1.82) is 0 Å². The molecular weight excluding hydrogens is 186 g/mol. The van der Waals surface area contributed by atoms with Crippen LogP contribution in [0.4, 0.5) is 0 Å². The number of ketones is 1. The molecule has 0 spiro atoms. The minimum atomic E-state index is -0.303. The Morgan fingerprint density at radius 1 is 1.13 bits per heavy atom. The first-order valence-electron chi connectivity index (χ1n) is 5.53. The Bertz CT molecular complexity index is 240. The van der Waals surface area contributed by atoms with E-state index in [0.29, 0.717) is 0 Å². The highest BCUT2D eigenvalue weighted by Crippen LogP contribution is 2.18. The molecule has 2 heteroatoms. The van der Waals surface area contributed by atoms with Gasteiger partial charge < -0.3 is 0 Å². The van der Waals surface area contributed by atoms with Gasteiger partial charge in [-0.05, 0) is 27.7 Å². The van der Waals surface area contributed by atoms with Gasteiger partial charge in [-0.3, -0.25) is 10.1 Å². The topological polar surface area (TPSA) is 29.1 Å². The molecule has 0 aromatic carbocycles. The highest BCUT2D eigenvalue weighted by molar-refractivity contribution is 5.90. The molecule has 0 aliphatic heterocycles. The Labute approximate surface area is 94.1 Å². The molecule has 0 aromatic heterocycles. The minimum absolute atomic E-state index is 0.0505. The molecule has 2 nitrogen and oxygen atoms in total. The van der Waals surface area contributed by atoms with E-state index in [1.165, 1.54) is 0 Å². The van der Waals surface area contributed by atoms with Crippen molar-refractivity contribution in [2.24, 2.45) is 5.41 Å². The van der Waals surface area contributed by atoms with E-state index >= 15 is 0 Å². The molecule has 0 bridgehead atoms. The van der Waals surface area contributed by atoms with Crippen LogP contribution in [0.2, 0.25) is 0 Å². The minimum Gasteiger partial charge on any atom is -0.300 e. The molecule has 1 N–H and O–H groups in total. The molecule has 15 heavy (non-hydrogen) atoms. The van der Waals surface area contributed by atoms with Gasteiger partial charge in [-0.2, -0.15) is 0 Å². The highest BCUT2D eigenvalue weighted by Gasteiger charge is 2.29. The van der Waals surface area contributed by atoms with E-state index < -0.39 is 0 Å². The van der Waals surface area contributed by atoms with Crippen LogP contribution in [0.15, 0.2) is 12.2 Å². The fraction of sp³-hybridized carbons (Fsp3) is 0.769. The third kappa shape index (κ3) is 5.73. The van der Waals surface area contributed by atoms with Crippen molar-refractivity contribution in [3.05, 3.63) is 12.2 Å². The second-order valence-electron chi connectivity index (χ2n) is 6.01. The lowest BCUT2D eigenvalue weighted by atomic mass is 9.85. The lowest BCUT2D eigenvalue weighted by Crippen LogP contribution is -2.49. The molecule has 0 rings (SSSR count). The van der Waals surface area contributed by atoms with E-state index in [1.54, 1.807) is 0 Å². The zero-order valence-corrected chi connectivity index (χ0v) is 11.1. The molecule has 0 heterocycles. The summed E-state index contributed by atoms with van der Waals surface area (Å²) in [6, 6.07) is -0.185. The summed E-state index contributed by atoms with van der Waals surface area (Å²) in [6.07, 6.45) is 3.85. The van der Waals surface area contributed by atoms with Crippen LogP contribution in [-0.2, 0) is 4.79 Å². The Balaban J connectivity index is 4.76. The summed E-state index contributed by atoms with van der Waals surface area (Å²) in [5.41, 5.74) is -0.354. The first-order valence-corrected chi connectivity index (χ1v) is 5.53. The molecule has 1 atom stereocenters. The van der Waals surface area contributed by atoms with Gasteiger partial charge in [0.2, 0.25) is 0 Å². The molecular formula is C13H25NO. The van der Waals surface area contributed by atoms with Crippen LogP contribution >= 0.6 is 0 Å². The van der Waals surface area contributed by atoms with Gasteiger partial charge in [-0.15, -0.1) is 0 Å². The van der Waals surface area contributed by atoms with Crippen molar-refractivity contribution in [2.75, 3.05) is 0 Å². The second-order valence-corrected chi connectivity index (χ2v) is 6.01. The van der Waals surface area contributed by atoms with Gasteiger partial charge in [0, 0.05) is 11.0 Å². The maximum absolute atomic E-state index is 12.1. The van der Waals surface area contributed by atoms with Crippen molar-refractivity contribution in [2.45, 2.75) is 60.0 Å². The molecule has 88 valence electrons. The Kier molecular flexibility index (Phi) is 4.72. The van der Waals surface area contributed by atoms with Gasteiger partial charge in [0.25, 0.3) is 0 Å². The van der Waals surface area contributed by atoms with Crippen LogP contribution in [0.25, 0.3) is 0 Å². The molecule has 0 amide bonds. The Morgan fingerprint density at radius 3 is 1.87 bits per heavy atom. The fourth-order valence-corrected chi connectivity index (χ4v) is 1.33. The monoisotopic (exact) mass is 211 g/mol. The van der Waals surface area contributed by atoms with Gasteiger partial charge >= 0.3 is 0 Å².